The van der Waals surface area contributed by atoms with E-state index in [1.54, 1.807) is 18.5 Å². The zero-order valence-corrected chi connectivity index (χ0v) is 27.7. The van der Waals surface area contributed by atoms with Gasteiger partial charge in [0.2, 0.25) is 0 Å². The van der Waals surface area contributed by atoms with Crippen LogP contribution in [0.2, 0.25) is 0 Å². The summed E-state index contributed by atoms with van der Waals surface area (Å²) in [5, 5.41) is 0. The van der Waals surface area contributed by atoms with Gasteiger partial charge in [0.05, 0.1) is 23.2 Å². The number of hydrogen-bond acceptors (Lipinski definition) is 6. The van der Waals surface area contributed by atoms with Gasteiger partial charge in [0.1, 0.15) is 13.2 Å². The van der Waals surface area contributed by atoms with Gasteiger partial charge in [0, 0.05) is 19.3 Å². The van der Waals surface area contributed by atoms with Gasteiger partial charge in [-0.1, -0.05) is 59.7 Å². The predicted molar refractivity (Wildman–Crippen MR) is 183 cm³/mol. The van der Waals surface area contributed by atoms with Crippen molar-refractivity contribution in [1.29, 1.82) is 0 Å². The van der Waals surface area contributed by atoms with Gasteiger partial charge in [-0.15, -0.1) is 0 Å². The number of esters is 2. The minimum atomic E-state index is -0.314. The van der Waals surface area contributed by atoms with E-state index in [9.17, 15) is 9.59 Å². The molecule has 0 saturated heterocycles. The Hall–Kier alpha value is -4.91. The molecule has 0 aromatic heterocycles. The van der Waals surface area contributed by atoms with Crippen molar-refractivity contribution in [2.75, 3.05) is 19.3 Å². The zero-order valence-electron chi connectivity index (χ0n) is 27.7. The molecule has 7 heteroatoms. The molecule has 4 aromatic rings. The maximum atomic E-state index is 12.4. The van der Waals surface area contributed by atoms with Crippen LogP contribution in [0.25, 0.3) is 0 Å². The molecule has 0 saturated carbocycles. The van der Waals surface area contributed by atoms with Crippen LogP contribution >= 0.6 is 0 Å². The molecule has 0 bridgehead atoms. The van der Waals surface area contributed by atoms with Gasteiger partial charge in [-0.3, -0.25) is 0 Å². The summed E-state index contributed by atoms with van der Waals surface area (Å²) in [7, 11) is 1.97. The molecule has 2 N–H and O–H groups in total. The van der Waals surface area contributed by atoms with E-state index in [1.807, 2.05) is 114 Å². The number of aliphatic imine (C=N–C) groups is 1. The lowest BCUT2D eigenvalue weighted by atomic mass is 10.0. The van der Waals surface area contributed by atoms with Crippen LogP contribution in [0, 0.1) is 41.5 Å². The minimum absolute atomic E-state index is 0.277. The third-order valence-electron chi connectivity index (χ3n) is 7.47. The molecule has 0 amide bonds. The Kier molecular flexibility index (Phi) is 12.5. The van der Waals surface area contributed by atoms with Crippen LogP contribution in [0.3, 0.4) is 0 Å². The molecule has 0 aliphatic rings. The summed E-state index contributed by atoms with van der Waals surface area (Å²) in [4.78, 5) is 31.0. The number of aryl methyl sites for hydroxylation is 6. The first-order chi connectivity index (χ1) is 21.4. The first-order valence-electron chi connectivity index (χ1n) is 15.1. The maximum Gasteiger partial charge on any atom is 0.338 e. The lowest BCUT2D eigenvalue weighted by Crippen LogP contribution is -2.14. The van der Waals surface area contributed by atoms with Gasteiger partial charge in [-0.2, -0.15) is 0 Å². The molecule has 0 spiro atoms. The third kappa shape index (κ3) is 10.3. The number of nitrogen functional groups attached to an aromatic ring is 1. The molecule has 0 unspecified atom stereocenters. The molecular formula is C38H45N3O4. The van der Waals surface area contributed by atoms with Gasteiger partial charge in [-0.05, 0) is 106 Å². The lowest BCUT2D eigenvalue weighted by Gasteiger charge is -2.12. The summed E-state index contributed by atoms with van der Waals surface area (Å²) in [6.45, 7) is 15.2. The molecule has 236 valence electrons. The molecule has 7 nitrogen and oxygen atoms in total. The maximum absolute atomic E-state index is 12.4. The van der Waals surface area contributed by atoms with Crippen molar-refractivity contribution >= 4 is 29.7 Å². The highest BCUT2D eigenvalue weighted by atomic mass is 16.5. The predicted octanol–water partition coefficient (Wildman–Crippen LogP) is 8.13. The Bertz CT molecular complexity index is 1640. The van der Waals surface area contributed by atoms with Crippen LogP contribution < -0.4 is 5.73 Å². The first kappa shape index (κ1) is 34.6. The molecule has 0 fully saturated rings. The molecule has 0 aliphatic carbocycles. The van der Waals surface area contributed by atoms with Crippen LogP contribution in [0.5, 0.6) is 0 Å². The summed E-state index contributed by atoms with van der Waals surface area (Å²) in [6.07, 6.45) is 1.80. The van der Waals surface area contributed by atoms with Crippen molar-refractivity contribution in [3.05, 3.63) is 128 Å². The monoisotopic (exact) mass is 607 g/mol. The number of benzene rings is 4. The van der Waals surface area contributed by atoms with Gasteiger partial charge in [0.15, 0.2) is 0 Å². The molecule has 4 rings (SSSR count). The van der Waals surface area contributed by atoms with Crippen LogP contribution in [0.1, 0.15) is 72.1 Å². The van der Waals surface area contributed by atoms with Crippen LogP contribution in [-0.4, -0.2) is 36.8 Å². The second kappa shape index (κ2) is 16.2. The van der Waals surface area contributed by atoms with Crippen molar-refractivity contribution < 1.29 is 19.1 Å². The lowest BCUT2D eigenvalue weighted by molar-refractivity contribution is 0.0463. The highest BCUT2D eigenvalue weighted by Gasteiger charge is 2.14. The number of ether oxygens (including phenoxy) is 2. The Morgan fingerprint density at radius 1 is 0.689 bits per heavy atom. The largest absolute Gasteiger partial charge is 0.457 e. The Balaban J connectivity index is 0.000000251. The van der Waals surface area contributed by atoms with Crippen molar-refractivity contribution in [2.24, 2.45) is 4.99 Å². The average molecular weight is 608 g/mol. The van der Waals surface area contributed by atoms with Gasteiger partial charge >= 0.3 is 11.9 Å². The van der Waals surface area contributed by atoms with Crippen LogP contribution in [-0.2, 0) is 22.7 Å². The molecular weight excluding hydrogens is 562 g/mol. The number of carbonyl (C=O) groups excluding carboxylic acids is 2. The van der Waals surface area contributed by atoms with Crippen LogP contribution in [0.15, 0.2) is 77.8 Å². The summed E-state index contributed by atoms with van der Waals surface area (Å²) >= 11 is 0. The fourth-order valence-electron chi connectivity index (χ4n) is 4.28. The normalized spacial score (nSPS) is 10.7. The fourth-order valence-corrected chi connectivity index (χ4v) is 4.28. The molecule has 45 heavy (non-hydrogen) atoms. The molecule has 4 aromatic carbocycles. The summed E-state index contributed by atoms with van der Waals surface area (Å²) in [5.41, 5.74) is 16.4. The SMILES string of the molecule is CCN(C)C=Nc1cc(C)c(C(=O)OCc2ccc(C)cc2)cc1C.Cc1ccc(COC(=O)c2cc(C)c(N)cc2C)cc1. The number of anilines is 1. The van der Waals surface area contributed by atoms with Gasteiger partial charge in [-0.25, -0.2) is 14.6 Å². The van der Waals surface area contributed by atoms with E-state index in [-0.39, 0.29) is 25.2 Å². The number of rotatable bonds is 9. The highest BCUT2D eigenvalue weighted by molar-refractivity contribution is 5.92. The Morgan fingerprint density at radius 2 is 1.13 bits per heavy atom. The van der Waals surface area contributed by atoms with Crippen LogP contribution in [0.4, 0.5) is 11.4 Å². The van der Waals surface area contributed by atoms with E-state index in [1.165, 1.54) is 11.1 Å². The van der Waals surface area contributed by atoms with Crippen molar-refractivity contribution in [3.8, 4) is 0 Å². The van der Waals surface area contributed by atoms with E-state index in [0.29, 0.717) is 16.8 Å². The zero-order chi connectivity index (χ0) is 33.1. The van der Waals surface area contributed by atoms with Crippen molar-refractivity contribution in [1.82, 2.24) is 4.90 Å². The van der Waals surface area contributed by atoms with Crippen molar-refractivity contribution in [2.45, 2.75) is 61.7 Å². The smallest absolute Gasteiger partial charge is 0.338 e. The van der Waals surface area contributed by atoms with E-state index in [4.69, 9.17) is 15.2 Å². The summed E-state index contributed by atoms with van der Waals surface area (Å²) < 4.78 is 10.8. The highest BCUT2D eigenvalue weighted by Crippen LogP contribution is 2.24. The third-order valence-corrected chi connectivity index (χ3v) is 7.47. The Labute approximate surface area is 267 Å². The summed E-state index contributed by atoms with van der Waals surface area (Å²) in [6, 6.07) is 23.3. The summed E-state index contributed by atoms with van der Waals surface area (Å²) in [5.74, 6) is -0.617. The minimum Gasteiger partial charge on any atom is -0.457 e. The Morgan fingerprint density at radius 3 is 1.60 bits per heavy atom. The molecule has 0 heterocycles. The fraction of sp³-hybridized carbons (Fsp3) is 0.289. The second-order valence-electron chi connectivity index (χ2n) is 11.4. The second-order valence-corrected chi connectivity index (χ2v) is 11.4. The molecule has 0 atom stereocenters. The van der Waals surface area contributed by atoms with E-state index >= 15 is 0 Å². The molecule has 0 aliphatic heterocycles. The van der Waals surface area contributed by atoms with E-state index in [0.717, 1.165) is 45.6 Å². The number of carbonyl (C=O) groups is 2. The van der Waals surface area contributed by atoms with E-state index in [2.05, 4.69) is 11.9 Å². The molecule has 0 radical (unpaired) electrons. The van der Waals surface area contributed by atoms with Gasteiger partial charge in [0.25, 0.3) is 0 Å². The van der Waals surface area contributed by atoms with E-state index < -0.39 is 0 Å². The standard InChI is InChI=1S/C21H26N2O2.C17H19NO2/c1-6-23(5)14-22-20-12-16(3)19(11-17(20)4)21(24)25-13-18-9-7-15(2)8-10-18;1-11-4-6-14(7-5-11)10-20-17(19)15-8-13(3)16(18)9-12(15)2/h7-12,14H,6,13H2,1-5H3;4-9H,10,18H2,1-3H3. The van der Waals surface area contributed by atoms with Gasteiger partial charge < -0.3 is 20.1 Å². The number of nitrogens with zero attached hydrogens (tertiary/aromatic N) is 2. The topological polar surface area (TPSA) is 94.2 Å². The van der Waals surface area contributed by atoms with Crippen molar-refractivity contribution in [3.63, 3.8) is 0 Å². The first-order valence-corrected chi connectivity index (χ1v) is 15.1. The quantitative estimate of drug-likeness (QED) is 0.0894. The average Bonchev–Trinajstić information content (AvgIpc) is 3.02. The number of nitrogens with two attached hydrogens (primary N) is 1. The number of hydrogen-bond donors (Lipinski definition) is 1.